The maximum atomic E-state index is 12.2. The molecule has 2 aliphatic carbocycles. The second kappa shape index (κ2) is 4.40. The SMILES string of the molecule is O=C1CC(=O)N(c2c3c(nc4c2CCC4)CCCC3)C1. The topological polar surface area (TPSA) is 50.3 Å². The standard InChI is InChI=1S/C16H18N2O2/c19-10-8-15(20)18(9-10)16-11-4-1-2-6-13(11)17-14-7-3-5-12(14)16/h1-9H2. The van der Waals surface area contributed by atoms with Crippen molar-refractivity contribution >= 4 is 17.4 Å². The van der Waals surface area contributed by atoms with E-state index in [2.05, 4.69) is 0 Å². The number of anilines is 1. The van der Waals surface area contributed by atoms with Crippen LogP contribution in [0.1, 0.15) is 48.2 Å². The number of aromatic nitrogens is 1. The number of carbonyl (C=O) groups is 2. The van der Waals surface area contributed by atoms with Crippen molar-refractivity contribution in [1.29, 1.82) is 0 Å². The average Bonchev–Trinajstić information content (AvgIpc) is 3.02. The lowest BCUT2D eigenvalue weighted by molar-refractivity contribution is -0.121. The van der Waals surface area contributed by atoms with Crippen LogP contribution in [-0.4, -0.2) is 23.2 Å². The lowest BCUT2D eigenvalue weighted by Crippen LogP contribution is -2.28. The summed E-state index contributed by atoms with van der Waals surface area (Å²) in [4.78, 5) is 30.4. The number of nitrogens with zero attached hydrogens (tertiary/aromatic N) is 2. The zero-order valence-corrected chi connectivity index (χ0v) is 11.6. The summed E-state index contributed by atoms with van der Waals surface area (Å²) in [5, 5.41) is 0. The molecule has 1 fully saturated rings. The molecule has 3 aliphatic rings. The van der Waals surface area contributed by atoms with Crippen LogP contribution in [-0.2, 0) is 35.3 Å². The van der Waals surface area contributed by atoms with E-state index < -0.39 is 0 Å². The minimum absolute atomic E-state index is 0.0249. The van der Waals surface area contributed by atoms with Gasteiger partial charge in [0.05, 0.1) is 18.7 Å². The molecule has 1 aromatic rings. The molecule has 1 amide bonds. The number of hydrogen-bond acceptors (Lipinski definition) is 3. The molecule has 4 heteroatoms. The maximum absolute atomic E-state index is 12.2. The second-order valence-corrected chi connectivity index (χ2v) is 6.07. The largest absolute Gasteiger partial charge is 0.304 e. The first-order chi connectivity index (χ1) is 9.74. The molecule has 0 N–H and O–H groups in total. The molecule has 1 aromatic heterocycles. The van der Waals surface area contributed by atoms with Gasteiger partial charge in [-0.3, -0.25) is 14.6 Å². The van der Waals surface area contributed by atoms with Crippen LogP contribution < -0.4 is 4.90 Å². The van der Waals surface area contributed by atoms with Gasteiger partial charge in [-0.25, -0.2) is 0 Å². The monoisotopic (exact) mass is 270 g/mol. The number of aryl methyl sites for hydroxylation is 2. The number of pyridine rings is 1. The Labute approximate surface area is 118 Å². The summed E-state index contributed by atoms with van der Waals surface area (Å²) in [5.74, 6) is 0.0196. The predicted molar refractivity (Wildman–Crippen MR) is 74.9 cm³/mol. The third kappa shape index (κ3) is 1.70. The summed E-state index contributed by atoms with van der Waals surface area (Å²) in [6.07, 6.45) is 7.59. The third-order valence-electron chi connectivity index (χ3n) is 4.72. The van der Waals surface area contributed by atoms with Crippen LogP contribution >= 0.6 is 0 Å². The van der Waals surface area contributed by atoms with Gasteiger partial charge in [-0.05, 0) is 56.1 Å². The number of ketones is 1. The van der Waals surface area contributed by atoms with Gasteiger partial charge in [-0.2, -0.15) is 0 Å². The van der Waals surface area contributed by atoms with E-state index in [9.17, 15) is 9.59 Å². The van der Waals surface area contributed by atoms with Gasteiger partial charge in [-0.15, -0.1) is 0 Å². The fraction of sp³-hybridized carbons (Fsp3) is 0.562. The molecule has 0 atom stereocenters. The molecule has 1 saturated heterocycles. The fourth-order valence-corrected chi connectivity index (χ4v) is 3.83. The van der Waals surface area contributed by atoms with Crippen LogP contribution in [0.15, 0.2) is 0 Å². The zero-order chi connectivity index (χ0) is 13.7. The Kier molecular flexibility index (Phi) is 2.65. The zero-order valence-electron chi connectivity index (χ0n) is 11.6. The molecule has 20 heavy (non-hydrogen) atoms. The second-order valence-electron chi connectivity index (χ2n) is 6.07. The molecular weight excluding hydrogens is 252 g/mol. The first-order valence-corrected chi connectivity index (χ1v) is 7.59. The number of rotatable bonds is 1. The van der Waals surface area contributed by atoms with Crippen molar-refractivity contribution < 1.29 is 9.59 Å². The summed E-state index contributed by atoms with van der Waals surface area (Å²) < 4.78 is 0. The molecule has 104 valence electrons. The minimum atomic E-state index is -0.0249. The molecule has 4 nitrogen and oxygen atoms in total. The highest BCUT2D eigenvalue weighted by Gasteiger charge is 2.35. The lowest BCUT2D eigenvalue weighted by atomic mass is 9.91. The molecule has 0 aromatic carbocycles. The molecule has 1 aliphatic heterocycles. The Morgan fingerprint density at radius 1 is 0.850 bits per heavy atom. The molecule has 2 heterocycles. The summed E-state index contributed by atoms with van der Waals surface area (Å²) >= 11 is 0. The predicted octanol–water partition coefficient (Wildman–Crippen LogP) is 1.75. The Morgan fingerprint density at radius 3 is 2.20 bits per heavy atom. The molecule has 4 rings (SSSR count). The van der Waals surface area contributed by atoms with Gasteiger partial charge in [0, 0.05) is 11.4 Å². The Hall–Kier alpha value is -1.71. The first kappa shape index (κ1) is 12.1. The number of carbonyl (C=O) groups excluding carboxylic acids is 2. The lowest BCUT2D eigenvalue weighted by Gasteiger charge is -2.27. The Bertz CT molecular complexity index is 621. The van der Waals surface area contributed by atoms with Crippen molar-refractivity contribution in [3.8, 4) is 0 Å². The highest BCUT2D eigenvalue weighted by atomic mass is 16.2. The van der Waals surface area contributed by atoms with E-state index in [4.69, 9.17) is 4.98 Å². The van der Waals surface area contributed by atoms with Crippen molar-refractivity contribution in [3.63, 3.8) is 0 Å². The Balaban J connectivity index is 1.91. The van der Waals surface area contributed by atoms with Gasteiger partial charge in [0.2, 0.25) is 5.91 Å². The minimum Gasteiger partial charge on any atom is -0.304 e. The quantitative estimate of drug-likeness (QED) is 0.731. The van der Waals surface area contributed by atoms with Crippen molar-refractivity contribution in [2.75, 3.05) is 11.4 Å². The molecule has 0 bridgehead atoms. The average molecular weight is 270 g/mol. The number of amides is 1. The van der Waals surface area contributed by atoms with Crippen LogP contribution in [0.25, 0.3) is 0 Å². The van der Waals surface area contributed by atoms with Crippen LogP contribution in [0.5, 0.6) is 0 Å². The van der Waals surface area contributed by atoms with Gasteiger partial charge in [-0.1, -0.05) is 0 Å². The molecule has 0 spiro atoms. The van der Waals surface area contributed by atoms with E-state index in [1.807, 2.05) is 0 Å². The van der Waals surface area contributed by atoms with E-state index in [0.29, 0.717) is 0 Å². The van der Waals surface area contributed by atoms with Crippen molar-refractivity contribution in [1.82, 2.24) is 4.98 Å². The highest BCUT2D eigenvalue weighted by Crippen LogP contribution is 2.39. The van der Waals surface area contributed by atoms with Gasteiger partial charge >= 0.3 is 0 Å². The van der Waals surface area contributed by atoms with Crippen LogP contribution in [0.2, 0.25) is 0 Å². The van der Waals surface area contributed by atoms with Crippen LogP contribution in [0.4, 0.5) is 5.69 Å². The maximum Gasteiger partial charge on any atom is 0.234 e. The molecule has 0 radical (unpaired) electrons. The first-order valence-electron chi connectivity index (χ1n) is 7.59. The van der Waals surface area contributed by atoms with Gasteiger partial charge in [0.15, 0.2) is 5.78 Å². The smallest absolute Gasteiger partial charge is 0.234 e. The highest BCUT2D eigenvalue weighted by molar-refractivity contribution is 6.15. The van der Waals surface area contributed by atoms with E-state index in [1.165, 1.54) is 28.9 Å². The number of hydrogen-bond donors (Lipinski definition) is 0. The van der Waals surface area contributed by atoms with E-state index in [1.54, 1.807) is 4.90 Å². The molecule has 0 unspecified atom stereocenters. The number of fused-ring (bicyclic) bond motifs is 2. The van der Waals surface area contributed by atoms with Gasteiger partial charge in [0.1, 0.15) is 0 Å². The van der Waals surface area contributed by atoms with Gasteiger partial charge in [0.25, 0.3) is 0 Å². The van der Waals surface area contributed by atoms with Crippen molar-refractivity contribution in [2.45, 2.75) is 51.4 Å². The normalized spacial score (nSPS) is 21.3. The summed E-state index contributed by atoms with van der Waals surface area (Å²) in [6, 6.07) is 0. The third-order valence-corrected chi connectivity index (χ3v) is 4.72. The molecule has 0 saturated carbocycles. The van der Waals surface area contributed by atoms with E-state index >= 15 is 0 Å². The summed E-state index contributed by atoms with van der Waals surface area (Å²) in [7, 11) is 0. The van der Waals surface area contributed by atoms with Gasteiger partial charge < -0.3 is 4.90 Å². The molecular formula is C16H18N2O2. The number of Topliss-reactive ketones (excluding diaryl/α,β-unsaturated/α-hetero) is 1. The Morgan fingerprint density at radius 2 is 1.50 bits per heavy atom. The van der Waals surface area contributed by atoms with Crippen LogP contribution in [0.3, 0.4) is 0 Å². The van der Waals surface area contributed by atoms with E-state index in [-0.39, 0.29) is 24.7 Å². The fourth-order valence-electron chi connectivity index (χ4n) is 3.83. The summed E-state index contributed by atoms with van der Waals surface area (Å²) in [5.41, 5.74) is 5.92. The van der Waals surface area contributed by atoms with Crippen molar-refractivity contribution in [2.24, 2.45) is 0 Å². The van der Waals surface area contributed by atoms with Crippen molar-refractivity contribution in [3.05, 3.63) is 22.5 Å². The summed E-state index contributed by atoms with van der Waals surface area (Å²) in [6.45, 7) is 0.266. The van der Waals surface area contributed by atoms with E-state index in [0.717, 1.165) is 44.2 Å². The van der Waals surface area contributed by atoms with Crippen LogP contribution in [0, 0.1) is 0 Å².